The van der Waals surface area contributed by atoms with Crippen molar-refractivity contribution in [3.8, 4) is 11.3 Å². The van der Waals surface area contributed by atoms with Gasteiger partial charge in [-0.25, -0.2) is 13.9 Å². The molecule has 1 aromatic heterocycles. The Morgan fingerprint density at radius 3 is 2.26 bits per heavy atom. The van der Waals surface area contributed by atoms with Gasteiger partial charge in [0.2, 0.25) is 0 Å². The minimum Gasteiger partial charge on any atom is -0.269 e. The smallest absolute Gasteiger partial charge is 0.269 e. The maximum Gasteiger partial charge on any atom is 0.322 e. The highest BCUT2D eigenvalue weighted by Gasteiger charge is 2.20. The number of alkyl halides is 2. The van der Waals surface area contributed by atoms with Crippen LogP contribution in [0.5, 0.6) is 0 Å². The number of benzene rings is 1. The van der Waals surface area contributed by atoms with Crippen LogP contribution in [0, 0.1) is 26.6 Å². The van der Waals surface area contributed by atoms with Crippen molar-refractivity contribution in [2.75, 3.05) is 0 Å². The number of hydrogen-bond acceptors (Lipinski definition) is 2. The predicted molar refractivity (Wildman–Crippen MR) is 85.7 cm³/mol. The van der Waals surface area contributed by atoms with Gasteiger partial charge < -0.3 is 0 Å². The lowest BCUT2D eigenvalue weighted by Gasteiger charge is -2.13. The largest absolute Gasteiger partial charge is 0.322 e. The van der Waals surface area contributed by atoms with Gasteiger partial charge in [0, 0.05) is 16.1 Å². The van der Waals surface area contributed by atoms with Crippen molar-refractivity contribution in [2.24, 2.45) is 0 Å². The van der Waals surface area contributed by atoms with E-state index in [4.69, 9.17) is 11.6 Å². The Hall–Kier alpha value is -1.82. The minimum atomic E-state index is -2.99. The number of nitrogens with zero attached hydrogens (tertiary/aromatic N) is 2. The summed E-state index contributed by atoms with van der Waals surface area (Å²) < 4.78 is 40.0. The topological polar surface area (TPSA) is 34.9 Å². The Labute approximate surface area is 137 Å². The van der Waals surface area contributed by atoms with Crippen molar-refractivity contribution < 1.29 is 13.2 Å². The van der Waals surface area contributed by atoms with Gasteiger partial charge in [-0.3, -0.25) is 4.79 Å². The fourth-order valence-corrected chi connectivity index (χ4v) is 2.21. The van der Waals surface area contributed by atoms with Crippen LogP contribution in [-0.2, 0) is 0 Å². The first-order chi connectivity index (χ1) is 10.7. The van der Waals surface area contributed by atoms with Crippen molar-refractivity contribution in [2.45, 2.75) is 41.2 Å². The number of halogens is 4. The van der Waals surface area contributed by atoms with Crippen molar-refractivity contribution in [1.29, 1.82) is 0 Å². The van der Waals surface area contributed by atoms with E-state index in [2.05, 4.69) is 4.98 Å². The maximum atomic E-state index is 14.0. The molecule has 2 rings (SSSR count). The van der Waals surface area contributed by atoms with Gasteiger partial charge in [-0.2, -0.15) is 8.78 Å². The summed E-state index contributed by atoms with van der Waals surface area (Å²) >= 11 is 5.82. The molecule has 0 bridgehead atoms. The number of aromatic nitrogens is 2. The molecule has 126 valence electrons. The molecule has 0 aliphatic heterocycles. The molecule has 0 fully saturated rings. The zero-order valence-corrected chi connectivity index (χ0v) is 14.3. The molecule has 0 spiro atoms. The van der Waals surface area contributed by atoms with E-state index >= 15 is 0 Å². The first-order valence-corrected chi connectivity index (χ1v) is 7.45. The summed E-state index contributed by atoms with van der Waals surface area (Å²) in [5.41, 5.74) is -0.214. The molecule has 7 heteroatoms. The Balaban J connectivity index is 0.00000127. The van der Waals surface area contributed by atoms with Crippen LogP contribution in [0.15, 0.2) is 16.9 Å². The third-order valence-corrected chi connectivity index (χ3v) is 3.62. The average Bonchev–Trinajstić information content (AvgIpc) is 2.49. The molecule has 0 saturated carbocycles. The van der Waals surface area contributed by atoms with E-state index in [-0.39, 0.29) is 32.2 Å². The van der Waals surface area contributed by atoms with Gasteiger partial charge in [0.1, 0.15) is 11.6 Å². The van der Waals surface area contributed by atoms with E-state index in [0.29, 0.717) is 5.56 Å². The van der Waals surface area contributed by atoms with E-state index in [1.54, 1.807) is 6.92 Å². The molecule has 0 aliphatic carbocycles. The van der Waals surface area contributed by atoms with E-state index < -0.39 is 17.9 Å². The van der Waals surface area contributed by atoms with E-state index in [9.17, 15) is 18.0 Å². The lowest BCUT2D eigenvalue weighted by molar-refractivity contribution is 0.0625. The molecule has 1 heterocycles. The molecule has 0 unspecified atom stereocenters. The highest BCUT2D eigenvalue weighted by Crippen LogP contribution is 2.28. The van der Waals surface area contributed by atoms with E-state index in [1.165, 1.54) is 19.9 Å². The SMILES string of the molecule is CC.Cc1cc(-c2nc(C)n(C(F)F)c(=O)c2C)c(F)cc1Cl. The molecule has 0 amide bonds. The van der Waals surface area contributed by atoms with E-state index in [1.807, 2.05) is 13.8 Å². The summed E-state index contributed by atoms with van der Waals surface area (Å²) in [4.78, 5) is 15.9. The van der Waals surface area contributed by atoms with Gasteiger partial charge >= 0.3 is 6.55 Å². The molecule has 0 radical (unpaired) electrons. The summed E-state index contributed by atoms with van der Waals surface area (Å²) in [6, 6.07) is 2.56. The Morgan fingerprint density at radius 2 is 1.74 bits per heavy atom. The third-order valence-electron chi connectivity index (χ3n) is 3.22. The first-order valence-electron chi connectivity index (χ1n) is 7.08. The van der Waals surface area contributed by atoms with Crippen molar-refractivity contribution in [3.63, 3.8) is 0 Å². The zero-order valence-electron chi connectivity index (χ0n) is 13.5. The van der Waals surface area contributed by atoms with Crippen LogP contribution in [0.1, 0.15) is 37.3 Å². The highest BCUT2D eigenvalue weighted by molar-refractivity contribution is 6.31. The second kappa shape index (κ2) is 7.64. The summed E-state index contributed by atoms with van der Waals surface area (Å²) in [6.45, 7) is 5.30. The van der Waals surface area contributed by atoms with Crippen LogP contribution in [0.2, 0.25) is 5.02 Å². The van der Waals surface area contributed by atoms with Gasteiger partial charge in [0.05, 0.1) is 5.69 Å². The Morgan fingerprint density at radius 1 is 1.17 bits per heavy atom. The monoisotopic (exact) mass is 346 g/mol. The minimum absolute atomic E-state index is 0.0403. The molecule has 3 nitrogen and oxygen atoms in total. The standard InChI is InChI=1S/C14H12ClF3N2O.C2H6/c1-6-4-9(11(16)5-10(6)15)12-7(2)13(21)20(14(17)18)8(3)19-12;1-2/h4-5,14H,1-3H3;1-2H3. The van der Waals surface area contributed by atoms with Gasteiger partial charge in [-0.1, -0.05) is 25.4 Å². The lowest BCUT2D eigenvalue weighted by Crippen LogP contribution is -2.27. The second-order valence-electron chi connectivity index (χ2n) is 4.67. The summed E-state index contributed by atoms with van der Waals surface area (Å²) in [5.74, 6) is -0.836. The lowest BCUT2D eigenvalue weighted by atomic mass is 10.0. The summed E-state index contributed by atoms with van der Waals surface area (Å²) in [6.07, 6.45) is 0. The Bertz CT molecular complexity index is 773. The number of hydrogen-bond donors (Lipinski definition) is 0. The molecule has 0 N–H and O–H groups in total. The summed E-state index contributed by atoms with van der Waals surface area (Å²) in [7, 11) is 0. The van der Waals surface area contributed by atoms with Gasteiger partial charge in [0.15, 0.2) is 0 Å². The number of rotatable bonds is 2. The molecular formula is C16H18ClF3N2O. The van der Waals surface area contributed by atoms with E-state index in [0.717, 1.165) is 6.07 Å². The quantitative estimate of drug-likeness (QED) is 0.762. The van der Waals surface area contributed by atoms with Crippen LogP contribution in [0.3, 0.4) is 0 Å². The van der Waals surface area contributed by atoms with Crippen LogP contribution in [0.4, 0.5) is 13.2 Å². The molecule has 0 aliphatic rings. The third kappa shape index (κ3) is 3.75. The van der Waals surface area contributed by atoms with Gasteiger partial charge in [0.25, 0.3) is 5.56 Å². The first kappa shape index (κ1) is 19.2. The van der Waals surface area contributed by atoms with Crippen LogP contribution < -0.4 is 5.56 Å². The summed E-state index contributed by atoms with van der Waals surface area (Å²) in [5, 5.41) is 0.242. The average molecular weight is 347 g/mol. The molecule has 0 saturated heterocycles. The fourth-order valence-electron chi connectivity index (χ4n) is 2.06. The van der Waals surface area contributed by atoms with Crippen LogP contribution in [0.25, 0.3) is 11.3 Å². The Kier molecular flexibility index (Phi) is 6.38. The van der Waals surface area contributed by atoms with Gasteiger partial charge in [-0.05, 0) is 38.5 Å². The molecule has 0 atom stereocenters. The van der Waals surface area contributed by atoms with Crippen LogP contribution in [-0.4, -0.2) is 9.55 Å². The molecular weight excluding hydrogens is 329 g/mol. The zero-order chi connectivity index (χ0) is 17.9. The predicted octanol–water partition coefficient (Wildman–Crippen LogP) is 5.05. The van der Waals surface area contributed by atoms with Crippen molar-refractivity contribution in [1.82, 2.24) is 9.55 Å². The number of aryl methyl sites for hydroxylation is 2. The molecule has 23 heavy (non-hydrogen) atoms. The molecule has 2 aromatic rings. The second-order valence-corrected chi connectivity index (χ2v) is 5.07. The fraction of sp³-hybridized carbons (Fsp3) is 0.375. The maximum absolute atomic E-state index is 14.0. The molecule has 1 aromatic carbocycles. The van der Waals surface area contributed by atoms with Crippen molar-refractivity contribution >= 4 is 11.6 Å². The normalized spacial score (nSPS) is 10.5. The van der Waals surface area contributed by atoms with Crippen molar-refractivity contribution in [3.05, 3.63) is 50.3 Å². The van der Waals surface area contributed by atoms with Crippen LogP contribution >= 0.6 is 11.6 Å². The van der Waals surface area contributed by atoms with Gasteiger partial charge in [-0.15, -0.1) is 0 Å². The highest BCUT2D eigenvalue weighted by atomic mass is 35.5.